The number of hydrogen-bond donors (Lipinski definition) is 3. The van der Waals surface area contributed by atoms with E-state index in [1.54, 1.807) is 13.0 Å². The Balaban J connectivity index is 1.73. The number of benzene rings is 1. The lowest BCUT2D eigenvalue weighted by molar-refractivity contribution is -0.101. The minimum absolute atomic E-state index is 0.291. The second kappa shape index (κ2) is 5.25. The van der Waals surface area contributed by atoms with Crippen LogP contribution in [0.25, 0.3) is 0 Å². The molecule has 3 heteroatoms. The van der Waals surface area contributed by atoms with Crippen LogP contribution >= 0.6 is 0 Å². The Bertz CT molecular complexity index is 730. The number of phenols is 1. The molecular weight excluding hydrogens is 300 g/mol. The molecule has 0 heterocycles. The lowest BCUT2D eigenvalue weighted by Gasteiger charge is -2.52. The summed E-state index contributed by atoms with van der Waals surface area (Å²) >= 11 is 0. The van der Waals surface area contributed by atoms with Gasteiger partial charge in [-0.25, -0.2) is 0 Å². The second-order valence-corrected chi connectivity index (χ2v) is 8.15. The quantitative estimate of drug-likeness (QED) is 0.642. The fourth-order valence-electron chi connectivity index (χ4n) is 6.01. The molecule has 4 rings (SSSR count). The molecule has 6 atom stereocenters. The molecule has 3 aliphatic carbocycles. The van der Waals surface area contributed by atoms with Crippen molar-refractivity contribution >= 4 is 0 Å². The summed E-state index contributed by atoms with van der Waals surface area (Å²) in [4.78, 5) is 0. The van der Waals surface area contributed by atoms with Crippen LogP contribution in [0, 0.1) is 29.1 Å². The van der Waals surface area contributed by atoms with Gasteiger partial charge in [0.1, 0.15) is 5.75 Å². The molecule has 24 heavy (non-hydrogen) atoms. The van der Waals surface area contributed by atoms with Gasteiger partial charge in [0.2, 0.25) is 0 Å². The minimum atomic E-state index is -1.29. The molecular formula is C21H26O3. The van der Waals surface area contributed by atoms with Crippen LogP contribution in [0.15, 0.2) is 18.2 Å². The fourth-order valence-corrected chi connectivity index (χ4v) is 6.01. The largest absolute Gasteiger partial charge is 0.508 e. The molecule has 1 aromatic rings. The highest BCUT2D eigenvalue weighted by Crippen LogP contribution is 2.64. The van der Waals surface area contributed by atoms with Gasteiger partial charge in [0, 0.05) is 5.41 Å². The van der Waals surface area contributed by atoms with E-state index in [0.29, 0.717) is 29.9 Å². The fraction of sp³-hybridized carbons (Fsp3) is 0.619. The van der Waals surface area contributed by atoms with Crippen LogP contribution in [-0.2, 0) is 6.42 Å². The highest BCUT2D eigenvalue weighted by molar-refractivity contribution is 5.41. The SMILES string of the molecule is CC#C[C@]1(O)[C@H](O)C[C@H]2[C@@H]3CCc4cc(O)ccc4[C@H]3CC[C@@]21C. The Kier molecular flexibility index (Phi) is 3.50. The zero-order valence-electron chi connectivity index (χ0n) is 14.4. The van der Waals surface area contributed by atoms with Crippen molar-refractivity contribution in [2.24, 2.45) is 17.3 Å². The highest BCUT2D eigenvalue weighted by Gasteiger charge is 2.65. The van der Waals surface area contributed by atoms with E-state index in [1.807, 2.05) is 6.07 Å². The van der Waals surface area contributed by atoms with E-state index in [4.69, 9.17) is 0 Å². The zero-order chi connectivity index (χ0) is 17.1. The molecule has 2 saturated carbocycles. The summed E-state index contributed by atoms with van der Waals surface area (Å²) in [6.45, 7) is 3.86. The Labute approximate surface area is 143 Å². The third kappa shape index (κ3) is 1.93. The standard InChI is InChI=1S/C21H26O3/c1-3-9-21(24)19(23)12-18-17-6-4-13-11-14(22)5-7-15(13)16(17)8-10-20(18,21)2/h5,7,11,16-19,22-24H,4,6,8,10,12H2,1-2H3/t16-,17-,18+,19-,20+,21+/m1/s1. The maximum absolute atomic E-state index is 11.2. The number of aryl methyl sites for hydroxylation is 1. The van der Waals surface area contributed by atoms with E-state index in [1.165, 1.54) is 11.1 Å². The summed E-state index contributed by atoms with van der Waals surface area (Å²) in [5.41, 5.74) is 0.997. The first-order valence-electron chi connectivity index (χ1n) is 9.07. The molecule has 3 N–H and O–H groups in total. The Morgan fingerprint density at radius 3 is 2.79 bits per heavy atom. The van der Waals surface area contributed by atoms with Crippen molar-refractivity contribution in [2.75, 3.05) is 0 Å². The molecule has 3 nitrogen and oxygen atoms in total. The van der Waals surface area contributed by atoms with Gasteiger partial charge < -0.3 is 15.3 Å². The van der Waals surface area contributed by atoms with E-state index in [0.717, 1.165) is 25.7 Å². The van der Waals surface area contributed by atoms with Gasteiger partial charge in [-0.2, -0.15) is 0 Å². The molecule has 0 aromatic heterocycles. The number of phenolic OH excluding ortho intramolecular Hbond substituents is 1. The van der Waals surface area contributed by atoms with Gasteiger partial charge in [-0.3, -0.25) is 0 Å². The average molecular weight is 326 g/mol. The summed E-state index contributed by atoms with van der Waals surface area (Å²) in [6, 6.07) is 5.77. The molecule has 0 aliphatic heterocycles. The first kappa shape index (κ1) is 16.0. The predicted octanol–water partition coefficient (Wildman–Crippen LogP) is 2.97. The number of hydrogen-bond acceptors (Lipinski definition) is 3. The maximum Gasteiger partial charge on any atom is 0.156 e. The molecule has 0 radical (unpaired) electrons. The third-order valence-corrected chi connectivity index (χ3v) is 7.25. The highest BCUT2D eigenvalue weighted by atomic mass is 16.3. The Morgan fingerprint density at radius 1 is 1.25 bits per heavy atom. The number of aliphatic hydroxyl groups excluding tert-OH is 1. The molecule has 0 amide bonds. The van der Waals surface area contributed by atoms with Gasteiger partial charge in [0.05, 0.1) is 6.10 Å². The summed E-state index contributed by atoms with van der Waals surface area (Å²) in [5, 5.41) is 31.5. The Hall–Kier alpha value is -1.50. The maximum atomic E-state index is 11.2. The first-order chi connectivity index (χ1) is 11.4. The van der Waals surface area contributed by atoms with Crippen molar-refractivity contribution < 1.29 is 15.3 Å². The molecule has 128 valence electrons. The summed E-state index contributed by atoms with van der Waals surface area (Å²) < 4.78 is 0. The van der Waals surface area contributed by atoms with E-state index in [2.05, 4.69) is 24.8 Å². The van der Waals surface area contributed by atoms with Crippen LogP contribution in [0.2, 0.25) is 0 Å². The van der Waals surface area contributed by atoms with Crippen molar-refractivity contribution in [1.29, 1.82) is 0 Å². The van der Waals surface area contributed by atoms with Gasteiger partial charge >= 0.3 is 0 Å². The molecule has 1 aromatic carbocycles. The molecule has 0 saturated heterocycles. The third-order valence-electron chi connectivity index (χ3n) is 7.25. The lowest BCUT2D eigenvalue weighted by atomic mass is 9.53. The van der Waals surface area contributed by atoms with Gasteiger partial charge in [-0.05, 0) is 80.0 Å². The molecule has 2 fully saturated rings. The van der Waals surface area contributed by atoms with E-state index in [-0.39, 0.29) is 5.41 Å². The van der Waals surface area contributed by atoms with Crippen molar-refractivity contribution in [3.63, 3.8) is 0 Å². The van der Waals surface area contributed by atoms with Crippen LogP contribution in [0.4, 0.5) is 0 Å². The van der Waals surface area contributed by atoms with Crippen LogP contribution in [0.1, 0.15) is 56.6 Å². The van der Waals surface area contributed by atoms with Crippen molar-refractivity contribution in [3.8, 4) is 17.6 Å². The minimum Gasteiger partial charge on any atom is -0.508 e. The average Bonchev–Trinajstić information content (AvgIpc) is 2.75. The van der Waals surface area contributed by atoms with Gasteiger partial charge in [-0.1, -0.05) is 18.9 Å². The number of rotatable bonds is 0. The lowest BCUT2D eigenvalue weighted by Crippen LogP contribution is -2.53. The molecule has 0 unspecified atom stereocenters. The molecule has 0 bridgehead atoms. The van der Waals surface area contributed by atoms with Crippen LogP contribution in [-0.4, -0.2) is 27.0 Å². The molecule has 3 aliphatic rings. The number of aliphatic hydroxyl groups is 2. The summed E-state index contributed by atoms with van der Waals surface area (Å²) in [7, 11) is 0. The number of fused-ring (bicyclic) bond motifs is 5. The smallest absolute Gasteiger partial charge is 0.156 e. The van der Waals surface area contributed by atoms with E-state index < -0.39 is 11.7 Å². The van der Waals surface area contributed by atoms with Gasteiger partial charge in [0.15, 0.2) is 5.60 Å². The van der Waals surface area contributed by atoms with Crippen molar-refractivity contribution in [1.82, 2.24) is 0 Å². The van der Waals surface area contributed by atoms with Gasteiger partial charge in [-0.15, -0.1) is 5.92 Å². The predicted molar refractivity (Wildman–Crippen MR) is 92.5 cm³/mol. The van der Waals surface area contributed by atoms with E-state index in [9.17, 15) is 15.3 Å². The summed E-state index contributed by atoms with van der Waals surface area (Å²) in [5.74, 6) is 7.38. The Morgan fingerprint density at radius 2 is 2.04 bits per heavy atom. The summed E-state index contributed by atoms with van der Waals surface area (Å²) in [6.07, 6.45) is 3.78. The van der Waals surface area contributed by atoms with E-state index >= 15 is 0 Å². The van der Waals surface area contributed by atoms with Crippen LogP contribution in [0.5, 0.6) is 5.75 Å². The number of aromatic hydroxyl groups is 1. The second-order valence-electron chi connectivity index (χ2n) is 8.15. The van der Waals surface area contributed by atoms with Crippen molar-refractivity contribution in [3.05, 3.63) is 29.3 Å². The monoisotopic (exact) mass is 326 g/mol. The topological polar surface area (TPSA) is 60.7 Å². The normalized spacial score (nSPS) is 43.2. The molecule has 0 spiro atoms. The first-order valence-corrected chi connectivity index (χ1v) is 9.07. The van der Waals surface area contributed by atoms with Crippen LogP contribution < -0.4 is 0 Å². The zero-order valence-corrected chi connectivity index (χ0v) is 14.4. The van der Waals surface area contributed by atoms with Crippen LogP contribution in [0.3, 0.4) is 0 Å². The van der Waals surface area contributed by atoms with Crippen molar-refractivity contribution in [2.45, 2.75) is 63.6 Å². The van der Waals surface area contributed by atoms with Gasteiger partial charge in [0.25, 0.3) is 0 Å².